The van der Waals surface area contributed by atoms with Crippen molar-refractivity contribution in [3.63, 3.8) is 0 Å². The number of benzene rings is 3. The largest absolute Gasteiger partial charge is 0.492 e. The molecule has 9 nitrogen and oxygen atoms in total. The van der Waals surface area contributed by atoms with Crippen molar-refractivity contribution in [3.05, 3.63) is 89.5 Å². The number of aryl methyl sites for hydroxylation is 1. The molecule has 1 amide bonds. The lowest BCUT2D eigenvalue weighted by atomic mass is 9.93. The molecule has 3 aromatic rings. The summed E-state index contributed by atoms with van der Waals surface area (Å²) in [5.74, 6) is -1.39. The Morgan fingerprint density at radius 2 is 1.76 bits per heavy atom. The van der Waals surface area contributed by atoms with Crippen molar-refractivity contribution in [1.82, 2.24) is 10.2 Å². The molecule has 0 saturated carbocycles. The van der Waals surface area contributed by atoms with Gasteiger partial charge in [-0.2, -0.15) is 0 Å². The number of carboxylic acid groups (broad SMARTS) is 1. The summed E-state index contributed by atoms with van der Waals surface area (Å²) in [5.41, 5.74) is 3.80. The zero-order chi connectivity index (χ0) is 30.3. The highest BCUT2D eigenvalue weighted by atomic mass is 32.2. The van der Waals surface area contributed by atoms with Crippen LogP contribution in [0.3, 0.4) is 0 Å². The van der Waals surface area contributed by atoms with Gasteiger partial charge in [-0.3, -0.25) is 9.69 Å². The van der Waals surface area contributed by atoms with Gasteiger partial charge in [-0.25, -0.2) is 13.2 Å². The number of hydrogen-bond donors (Lipinski definition) is 2. The third kappa shape index (κ3) is 8.40. The van der Waals surface area contributed by atoms with Crippen LogP contribution in [0.4, 0.5) is 0 Å². The van der Waals surface area contributed by atoms with Crippen LogP contribution >= 0.6 is 0 Å². The van der Waals surface area contributed by atoms with Gasteiger partial charge in [0.05, 0.1) is 11.9 Å². The van der Waals surface area contributed by atoms with Gasteiger partial charge < -0.3 is 19.9 Å². The van der Waals surface area contributed by atoms with Gasteiger partial charge in [0.2, 0.25) is 0 Å². The molecule has 3 atom stereocenters. The van der Waals surface area contributed by atoms with Crippen LogP contribution in [0.1, 0.15) is 34.3 Å². The minimum atomic E-state index is -3.39. The number of carbonyl (C=O) groups excluding carboxylic acids is 1. The van der Waals surface area contributed by atoms with Crippen LogP contribution in [-0.4, -0.2) is 80.8 Å². The van der Waals surface area contributed by atoms with Crippen LogP contribution in [-0.2, 0) is 25.9 Å². The number of aliphatic carboxylic acids is 1. The minimum Gasteiger partial charge on any atom is -0.492 e. The number of carboxylic acids is 1. The molecular weight excluding hydrogens is 556 g/mol. The molecule has 224 valence electrons. The topological polar surface area (TPSA) is 122 Å². The quantitative estimate of drug-likeness (QED) is 0.305. The van der Waals surface area contributed by atoms with Crippen LogP contribution in [0.25, 0.3) is 11.1 Å². The van der Waals surface area contributed by atoms with Crippen molar-refractivity contribution >= 4 is 21.7 Å². The maximum Gasteiger partial charge on any atom is 0.326 e. The number of hydrogen-bond acceptors (Lipinski definition) is 7. The fourth-order valence-corrected chi connectivity index (χ4v) is 5.89. The molecule has 1 unspecified atom stereocenters. The molecule has 1 aliphatic heterocycles. The summed E-state index contributed by atoms with van der Waals surface area (Å²) in [6.07, 6.45) is 1.73. The predicted molar refractivity (Wildman–Crippen MR) is 161 cm³/mol. The van der Waals surface area contributed by atoms with E-state index in [1.165, 1.54) is 0 Å². The van der Waals surface area contributed by atoms with E-state index in [-0.39, 0.29) is 24.3 Å². The summed E-state index contributed by atoms with van der Waals surface area (Å²) in [6.45, 7) is 3.81. The molecule has 0 bridgehead atoms. The van der Waals surface area contributed by atoms with Crippen LogP contribution in [0.2, 0.25) is 0 Å². The van der Waals surface area contributed by atoms with E-state index >= 15 is 0 Å². The van der Waals surface area contributed by atoms with Gasteiger partial charge in [0.25, 0.3) is 5.91 Å². The highest BCUT2D eigenvalue weighted by Gasteiger charge is 2.33. The van der Waals surface area contributed by atoms with Gasteiger partial charge in [0.15, 0.2) is 0 Å². The molecule has 1 fully saturated rings. The maximum atomic E-state index is 13.4. The van der Waals surface area contributed by atoms with Crippen molar-refractivity contribution in [3.8, 4) is 16.9 Å². The summed E-state index contributed by atoms with van der Waals surface area (Å²) in [5, 5.41) is 12.2. The Bertz CT molecular complexity index is 1490. The summed E-state index contributed by atoms with van der Waals surface area (Å²) in [7, 11) is -1.68. The van der Waals surface area contributed by atoms with Crippen molar-refractivity contribution in [2.24, 2.45) is 0 Å². The molecule has 0 aromatic heterocycles. The van der Waals surface area contributed by atoms with Crippen molar-refractivity contribution in [1.29, 1.82) is 0 Å². The third-order valence-electron chi connectivity index (χ3n) is 7.54. The number of ether oxygens (including phenoxy) is 2. The number of para-hydroxylation sites is 1. The molecular formula is C32H38N2O7S. The molecule has 0 aliphatic carbocycles. The Morgan fingerprint density at radius 3 is 2.43 bits per heavy atom. The van der Waals surface area contributed by atoms with Crippen LogP contribution < -0.4 is 10.1 Å². The molecule has 42 heavy (non-hydrogen) atoms. The Balaban J connectivity index is 1.59. The van der Waals surface area contributed by atoms with E-state index in [4.69, 9.17) is 9.47 Å². The zero-order valence-electron chi connectivity index (χ0n) is 24.2. The Hall–Kier alpha value is -3.73. The second-order valence-corrected chi connectivity index (χ2v) is 13.0. The van der Waals surface area contributed by atoms with Gasteiger partial charge in [-0.1, -0.05) is 48.5 Å². The van der Waals surface area contributed by atoms with E-state index < -0.39 is 27.8 Å². The lowest BCUT2D eigenvalue weighted by molar-refractivity contribution is -0.139. The van der Waals surface area contributed by atoms with Crippen molar-refractivity contribution in [2.75, 3.05) is 32.3 Å². The van der Waals surface area contributed by atoms with E-state index in [1.807, 2.05) is 73.7 Å². The van der Waals surface area contributed by atoms with Crippen LogP contribution in [0.5, 0.6) is 5.75 Å². The maximum absolute atomic E-state index is 13.4. The number of likely N-dealkylation sites (tertiary alicyclic amines) is 1. The minimum absolute atomic E-state index is 0.0788. The number of methoxy groups -OCH3 is 1. The average molecular weight is 595 g/mol. The van der Waals surface area contributed by atoms with E-state index in [0.717, 1.165) is 41.7 Å². The molecule has 0 radical (unpaired) electrons. The first-order valence-electron chi connectivity index (χ1n) is 13.9. The number of sulfone groups is 1. The molecule has 1 aliphatic rings. The molecule has 2 N–H and O–H groups in total. The number of rotatable bonds is 13. The number of nitrogens with one attached hydrogen (secondary N) is 1. The number of nitrogens with zero attached hydrogens (tertiary/aromatic N) is 1. The highest BCUT2D eigenvalue weighted by Crippen LogP contribution is 2.30. The summed E-state index contributed by atoms with van der Waals surface area (Å²) >= 11 is 0. The van der Waals surface area contributed by atoms with E-state index in [1.54, 1.807) is 13.2 Å². The second kappa shape index (κ2) is 14.0. The van der Waals surface area contributed by atoms with Gasteiger partial charge in [0, 0.05) is 38.1 Å². The van der Waals surface area contributed by atoms with E-state index in [0.29, 0.717) is 24.3 Å². The highest BCUT2D eigenvalue weighted by molar-refractivity contribution is 7.90. The lowest BCUT2D eigenvalue weighted by Crippen LogP contribution is -2.42. The van der Waals surface area contributed by atoms with Gasteiger partial charge >= 0.3 is 5.97 Å². The SMILES string of the molecule is CO[C@H]1C[C@@H](COc2ccccc2)N(Cc2ccc(C(=O)NC(CCS(C)(=O)=O)C(=O)O)c(-c3ccccc3C)c2)C1. The lowest BCUT2D eigenvalue weighted by Gasteiger charge is -2.25. The third-order valence-corrected chi connectivity index (χ3v) is 8.52. The zero-order valence-corrected chi connectivity index (χ0v) is 25.0. The van der Waals surface area contributed by atoms with Gasteiger partial charge in [-0.05, 0) is 66.3 Å². The molecule has 4 rings (SSSR count). The fraction of sp³-hybridized carbons (Fsp3) is 0.375. The van der Waals surface area contributed by atoms with Crippen LogP contribution in [0.15, 0.2) is 72.8 Å². The summed E-state index contributed by atoms with van der Waals surface area (Å²) in [6, 6.07) is 21.7. The molecule has 3 aromatic carbocycles. The van der Waals surface area contributed by atoms with E-state index in [9.17, 15) is 23.1 Å². The van der Waals surface area contributed by atoms with Gasteiger partial charge in [-0.15, -0.1) is 0 Å². The first kappa shape index (κ1) is 31.2. The summed E-state index contributed by atoms with van der Waals surface area (Å²) < 4.78 is 35.0. The van der Waals surface area contributed by atoms with E-state index in [2.05, 4.69) is 10.2 Å². The number of amides is 1. The van der Waals surface area contributed by atoms with Crippen LogP contribution in [0, 0.1) is 6.92 Å². The van der Waals surface area contributed by atoms with Crippen molar-refractivity contribution < 1.29 is 32.6 Å². The molecule has 1 saturated heterocycles. The van der Waals surface area contributed by atoms with Gasteiger partial charge in [0.1, 0.15) is 28.2 Å². The summed E-state index contributed by atoms with van der Waals surface area (Å²) in [4.78, 5) is 27.6. The fourth-order valence-electron chi connectivity index (χ4n) is 5.23. The Kier molecular flexibility index (Phi) is 10.4. The first-order valence-corrected chi connectivity index (χ1v) is 15.9. The Labute approximate surface area is 247 Å². The number of carbonyl (C=O) groups is 2. The standard InChI is InChI=1S/C32H38N2O7S/c1-22-9-7-8-12-27(22)29-17-23(13-14-28(29)31(35)33-30(32(36)37)15-16-42(3,38)39)19-34-20-26(40-2)18-24(34)21-41-25-10-5-4-6-11-25/h4-14,17,24,26,30H,15-16,18-21H2,1-3H3,(H,33,35)(H,36,37)/t24-,26-,30?/m0/s1. The first-order chi connectivity index (χ1) is 20.0. The monoisotopic (exact) mass is 594 g/mol. The predicted octanol–water partition coefficient (Wildman–Crippen LogP) is 3.95. The molecule has 10 heteroatoms. The molecule has 0 spiro atoms. The molecule has 1 heterocycles. The average Bonchev–Trinajstić information content (AvgIpc) is 3.35. The Morgan fingerprint density at radius 1 is 1.05 bits per heavy atom. The smallest absolute Gasteiger partial charge is 0.326 e. The normalized spacial score (nSPS) is 18.0. The van der Waals surface area contributed by atoms with Crippen molar-refractivity contribution in [2.45, 2.75) is 44.5 Å². The second-order valence-electron chi connectivity index (χ2n) is 10.8.